The van der Waals surface area contributed by atoms with Gasteiger partial charge in [-0.1, -0.05) is 46.3 Å². The third kappa shape index (κ3) is 4.75. The van der Waals surface area contributed by atoms with Crippen LogP contribution in [0.1, 0.15) is 41.0 Å². The lowest BCUT2D eigenvalue weighted by molar-refractivity contribution is 0.0934. The van der Waals surface area contributed by atoms with E-state index in [0.717, 1.165) is 36.0 Å². The molecule has 0 aliphatic carbocycles. The van der Waals surface area contributed by atoms with E-state index < -0.39 is 5.91 Å². The SMILES string of the molecule is C=C(NNC(=O)c1nnn(-c2nonc2N)c1CN1CCCCC1)c1cccc(Br)c1. The second-order valence-corrected chi connectivity index (χ2v) is 8.09. The molecule has 3 heterocycles. The molecule has 0 spiro atoms. The number of hydrogen-bond donors (Lipinski definition) is 3. The van der Waals surface area contributed by atoms with Crippen LogP contribution in [0.25, 0.3) is 11.5 Å². The van der Waals surface area contributed by atoms with Crippen molar-refractivity contribution < 1.29 is 9.42 Å². The maximum atomic E-state index is 12.9. The number of nitrogens with one attached hydrogen (secondary N) is 2. The number of carbonyl (C=O) groups excluding carboxylic acids is 1. The van der Waals surface area contributed by atoms with E-state index in [4.69, 9.17) is 10.4 Å². The van der Waals surface area contributed by atoms with Crippen LogP contribution in [0.2, 0.25) is 0 Å². The van der Waals surface area contributed by atoms with Gasteiger partial charge in [-0.2, -0.15) is 4.68 Å². The average molecular weight is 488 g/mol. The van der Waals surface area contributed by atoms with E-state index in [1.54, 1.807) is 0 Å². The molecule has 0 saturated carbocycles. The molecule has 1 aliphatic rings. The number of halogens is 1. The summed E-state index contributed by atoms with van der Waals surface area (Å²) in [6, 6.07) is 7.56. The smallest absolute Gasteiger partial charge is 0.292 e. The summed E-state index contributed by atoms with van der Waals surface area (Å²) in [4.78, 5) is 15.2. The van der Waals surface area contributed by atoms with Crippen molar-refractivity contribution in [2.45, 2.75) is 25.8 Å². The van der Waals surface area contributed by atoms with Crippen molar-refractivity contribution in [1.29, 1.82) is 0 Å². The van der Waals surface area contributed by atoms with Crippen LogP contribution in [0.15, 0.2) is 39.9 Å². The summed E-state index contributed by atoms with van der Waals surface area (Å²) in [5.41, 5.74) is 13.4. The number of amides is 1. The maximum Gasteiger partial charge on any atom is 0.292 e. The van der Waals surface area contributed by atoms with Crippen LogP contribution in [0.5, 0.6) is 0 Å². The second kappa shape index (κ2) is 9.27. The Labute approximate surface area is 186 Å². The summed E-state index contributed by atoms with van der Waals surface area (Å²) in [5.74, 6) is -0.188. The van der Waals surface area contributed by atoms with Gasteiger partial charge in [0.1, 0.15) is 0 Å². The zero-order valence-corrected chi connectivity index (χ0v) is 18.3. The van der Waals surface area contributed by atoms with Crippen LogP contribution >= 0.6 is 15.9 Å². The minimum Gasteiger partial charge on any atom is -0.378 e. The molecule has 0 unspecified atom stereocenters. The summed E-state index contributed by atoms with van der Waals surface area (Å²) in [5, 5.41) is 15.6. The first-order valence-corrected chi connectivity index (χ1v) is 10.6. The fourth-order valence-corrected chi connectivity index (χ4v) is 3.80. The van der Waals surface area contributed by atoms with Gasteiger partial charge in [-0.15, -0.1) is 5.10 Å². The van der Waals surface area contributed by atoms with E-state index in [1.165, 1.54) is 11.1 Å². The number of hydrogen-bond acceptors (Lipinski definition) is 9. The summed E-state index contributed by atoms with van der Waals surface area (Å²) < 4.78 is 7.00. The Kier molecular flexibility index (Phi) is 6.28. The molecule has 0 radical (unpaired) electrons. The molecular formula is C19H22BrN9O2. The fourth-order valence-electron chi connectivity index (χ4n) is 3.40. The first-order chi connectivity index (χ1) is 15.0. The van der Waals surface area contributed by atoms with E-state index in [2.05, 4.69) is 58.9 Å². The number of benzene rings is 1. The predicted molar refractivity (Wildman–Crippen MR) is 117 cm³/mol. The largest absolute Gasteiger partial charge is 0.378 e. The number of likely N-dealkylation sites (tertiary alicyclic amines) is 1. The van der Waals surface area contributed by atoms with Crippen LogP contribution < -0.4 is 16.6 Å². The predicted octanol–water partition coefficient (Wildman–Crippen LogP) is 1.89. The van der Waals surface area contributed by atoms with Crippen LogP contribution in [-0.2, 0) is 6.54 Å². The van der Waals surface area contributed by atoms with Gasteiger partial charge in [-0.3, -0.25) is 20.5 Å². The average Bonchev–Trinajstić information content (AvgIpc) is 3.38. The van der Waals surface area contributed by atoms with Gasteiger partial charge < -0.3 is 5.73 Å². The first kappa shape index (κ1) is 21.0. The lowest BCUT2D eigenvalue weighted by Crippen LogP contribution is -2.37. The van der Waals surface area contributed by atoms with Gasteiger partial charge in [0.2, 0.25) is 11.6 Å². The van der Waals surface area contributed by atoms with Gasteiger partial charge in [0.05, 0.1) is 11.4 Å². The van der Waals surface area contributed by atoms with Crippen molar-refractivity contribution in [3.8, 4) is 5.82 Å². The normalized spacial score (nSPS) is 14.4. The molecule has 1 fully saturated rings. The van der Waals surface area contributed by atoms with Crippen LogP contribution in [0.4, 0.5) is 5.82 Å². The molecule has 162 valence electrons. The van der Waals surface area contributed by atoms with Gasteiger partial charge >= 0.3 is 0 Å². The summed E-state index contributed by atoms with van der Waals surface area (Å²) >= 11 is 3.42. The van der Waals surface area contributed by atoms with Crippen LogP contribution in [0.3, 0.4) is 0 Å². The van der Waals surface area contributed by atoms with Crippen molar-refractivity contribution in [3.63, 3.8) is 0 Å². The summed E-state index contributed by atoms with van der Waals surface area (Å²) in [6.07, 6.45) is 3.40. The molecule has 0 atom stereocenters. The number of rotatable bonds is 7. The standard InChI is InChI=1S/C19H22BrN9O2/c1-12(13-6-5-7-14(20)10-13)22-24-19(30)16-15(11-28-8-3-2-4-9-28)29(27-23-16)18-17(21)25-31-26-18/h5-7,10,22H,1-4,8-9,11H2,(H2,21,25)(H,24,30). The number of nitrogens with zero attached hydrogens (tertiary/aromatic N) is 6. The van der Waals surface area contributed by atoms with Gasteiger partial charge in [-0.25, -0.2) is 4.63 Å². The highest BCUT2D eigenvalue weighted by atomic mass is 79.9. The third-order valence-electron chi connectivity index (χ3n) is 5.00. The fraction of sp³-hybridized carbons (Fsp3) is 0.316. The molecule has 11 nitrogen and oxygen atoms in total. The first-order valence-electron chi connectivity index (χ1n) is 9.79. The molecular weight excluding hydrogens is 466 g/mol. The van der Waals surface area contributed by atoms with Gasteiger partial charge in [-0.05, 0) is 53.9 Å². The van der Waals surface area contributed by atoms with Gasteiger partial charge in [0, 0.05) is 11.0 Å². The molecule has 1 aromatic carbocycles. The topological polar surface area (TPSA) is 140 Å². The Morgan fingerprint density at radius 2 is 2.03 bits per heavy atom. The number of piperidine rings is 1. The highest BCUT2D eigenvalue weighted by Gasteiger charge is 2.26. The number of anilines is 1. The minimum absolute atomic E-state index is 0.0675. The van der Waals surface area contributed by atoms with E-state index in [9.17, 15) is 4.79 Å². The molecule has 1 amide bonds. The number of nitrogens with two attached hydrogens (primary N) is 1. The zero-order chi connectivity index (χ0) is 21.8. The quantitative estimate of drug-likeness (QED) is 0.425. The highest BCUT2D eigenvalue weighted by Crippen LogP contribution is 2.20. The second-order valence-electron chi connectivity index (χ2n) is 7.17. The molecule has 1 aliphatic heterocycles. The van der Waals surface area contributed by atoms with Crippen molar-refractivity contribution in [2.75, 3.05) is 18.8 Å². The molecule has 2 aromatic heterocycles. The number of hydrazine groups is 1. The van der Waals surface area contributed by atoms with Gasteiger partial charge in [0.25, 0.3) is 5.91 Å². The summed E-state index contributed by atoms with van der Waals surface area (Å²) in [6.45, 7) is 6.28. The molecule has 4 N–H and O–H groups in total. The Balaban J connectivity index is 1.55. The molecule has 31 heavy (non-hydrogen) atoms. The van der Waals surface area contributed by atoms with Crippen molar-refractivity contribution in [1.82, 2.24) is 41.1 Å². The highest BCUT2D eigenvalue weighted by molar-refractivity contribution is 9.10. The van der Waals surface area contributed by atoms with E-state index in [0.29, 0.717) is 17.9 Å². The number of nitrogen functional groups attached to an aromatic ring is 1. The van der Waals surface area contributed by atoms with Crippen molar-refractivity contribution >= 4 is 33.4 Å². The Morgan fingerprint density at radius 3 is 2.74 bits per heavy atom. The molecule has 3 aromatic rings. The van der Waals surface area contributed by atoms with E-state index in [1.807, 2.05) is 24.3 Å². The van der Waals surface area contributed by atoms with Crippen LogP contribution in [-0.4, -0.2) is 49.2 Å². The molecule has 4 rings (SSSR count). The zero-order valence-electron chi connectivity index (χ0n) is 16.7. The molecule has 12 heteroatoms. The van der Waals surface area contributed by atoms with Crippen LogP contribution in [0, 0.1) is 0 Å². The van der Waals surface area contributed by atoms with Crippen molar-refractivity contribution in [2.24, 2.45) is 0 Å². The lowest BCUT2D eigenvalue weighted by atomic mass is 10.1. The molecule has 0 bridgehead atoms. The Hall–Kier alpha value is -3.25. The molecule has 1 saturated heterocycles. The Morgan fingerprint density at radius 1 is 1.23 bits per heavy atom. The van der Waals surface area contributed by atoms with Crippen molar-refractivity contribution in [3.05, 3.63) is 52.3 Å². The number of aromatic nitrogens is 5. The monoisotopic (exact) mass is 487 g/mol. The van der Waals surface area contributed by atoms with Gasteiger partial charge in [0.15, 0.2) is 5.69 Å². The lowest BCUT2D eigenvalue weighted by Gasteiger charge is -2.26. The Bertz CT molecular complexity index is 1090. The minimum atomic E-state index is -0.454. The van der Waals surface area contributed by atoms with E-state index in [-0.39, 0.29) is 17.3 Å². The maximum absolute atomic E-state index is 12.9. The summed E-state index contributed by atoms with van der Waals surface area (Å²) in [7, 11) is 0. The van der Waals surface area contributed by atoms with E-state index >= 15 is 0 Å². The third-order valence-corrected chi connectivity index (χ3v) is 5.49. The number of carbonyl (C=O) groups is 1.